The maximum Gasteiger partial charge on any atom is 0.324 e. The lowest BCUT2D eigenvalue weighted by Crippen LogP contribution is -2.42. The highest BCUT2D eigenvalue weighted by Gasteiger charge is 2.29. The Morgan fingerprint density at radius 2 is 2.28 bits per heavy atom. The molecule has 1 saturated carbocycles. The molecule has 1 aromatic heterocycles. The fraction of sp³-hybridized carbons (Fsp3) is 0.667. The van der Waals surface area contributed by atoms with Crippen molar-refractivity contribution in [1.29, 1.82) is 0 Å². The largest absolute Gasteiger partial charge is 0.468 e. The van der Waals surface area contributed by atoms with Gasteiger partial charge in [0.2, 0.25) is 0 Å². The molecule has 6 heteroatoms. The number of aromatic nitrogens is 2. The highest BCUT2D eigenvalue weighted by molar-refractivity contribution is 9.10. The molecule has 0 spiro atoms. The molecule has 1 aromatic rings. The summed E-state index contributed by atoms with van der Waals surface area (Å²) in [5.41, 5.74) is 1.96. The maximum absolute atomic E-state index is 11.7. The molecule has 0 bridgehead atoms. The number of carbonyl (C=O) groups excluding carboxylic acids is 1. The molecule has 0 aromatic carbocycles. The summed E-state index contributed by atoms with van der Waals surface area (Å²) in [5, 5.41) is 7.71. The molecule has 1 aliphatic rings. The summed E-state index contributed by atoms with van der Waals surface area (Å²) in [5.74, 6) is -0.231. The number of nitrogens with one attached hydrogen (secondary N) is 1. The van der Waals surface area contributed by atoms with Crippen LogP contribution in [0.3, 0.4) is 0 Å². The van der Waals surface area contributed by atoms with E-state index in [1.807, 2.05) is 18.5 Å². The van der Waals surface area contributed by atoms with Gasteiger partial charge in [0.25, 0.3) is 0 Å². The number of ether oxygens (including phenoxy) is 1. The Morgan fingerprint density at radius 3 is 2.72 bits per heavy atom. The minimum Gasteiger partial charge on any atom is -0.468 e. The first-order chi connectivity index (χ1) is 8.52. The molecule has 1 atom stereocenters. The quantitative estimate of drug-likeness (QED) is 0.838. The minimum absolute atomic E-state index is 0.231. The second-order valence-electron chi connectivity index (χ2n) is 4.68. The van der Waals surface area contributed by atoms with E-state index in [0.717, 1.165) is 28.7 Å². The predicted octanol–water partition coefficient (Wildman–Crippen LogP) is 1.56. The van der Waals surface area contributed by atoms with Crippen LogP contribution in [0.4, 0.5) is 0 Å². The number of halogens is 1. The van der Waals surface area contributed by atoms with Crippen LogP contribution in [0, 0.1) is 13.8 Å². The Bertz CT molecular complexity index is 454. The van der Waals surface area contributed by atoms with Crippen molar-refractivity contribution in [3.63, 3.8) is 0 Å². The normalized spacial score (nSPS) is 16.7. The molecule has 0 saturated heterocycles. The van der Waals surface area contributed by atoms with Gasteiger partial charge in [-0.2, -0.15) is 5.10 Å². The molecule has 18 heavy (non-hydrogen) atoms. The van der Waals surface area contributed by atoms with Crippen LogP contribution in [-0.2, 0) is 16.1 Å². The number of hydrogen-bond donors (Lipinski definition) is 1. The summed E-state index contributed by atoms with van der Waals surface area (Å²) in [6, 6.07) is 0.127. The number of carbonyl (C=O) groups is 1. The molecule has 100 valence electrons. The van der Waals surface area contributed by atoms with E-state index in [1.165, 1.54) is 7.11 Å². The lowest BCUT2D eigenvalue weighted by Gasteiger charge is -2.17. The lowest BCUT2D eigenvalue weighted by atomic mass is 10.3. The topological polar surface area (TPSA) is 56.2 Å². The summed E-state index contributed by atoms with van der Waals surface area (Å²) in [4.78, 5) is 11.7. The van der Waals surface area contributed by atoms with Crippen molar-refractivity contribution < 1.29 is 9.53 Å². The molecule has 1 heterocycles. The Kier molecular flexibility index (Phi) is 4.07. The second-order valence-corrected chi connectivity index (χ2v) is 5.48. The van der Waals surface area contributed by atoms with E-state index in [4.69, 9.17) is 4.74 Å². The fourth-order valence-electron chi connectivity index (χ4n) is 1.90. The average Bonchev–Trinajstić information content (AvgIpc) is 3.13. The lowest BCUT2D eigenvalue weighted by molar-refractivity contribution is -0.143. The number of methoxy groups -OCH3 is 1. The molecular weight excluding hydrogens is 298 g/mol. The Morgan fingerprint density at radius 1 is 1.61 bits per heavy atom. The third kappa shape index (κ3) is 2.92. The zero-order valence-electron chi connectivity index (χ0n) is 10.9. The third-order valence-corrected chi connectivity index (χ3v) is 4.30. The van der Waals surface area contributed by atoms with E-state index in [-0.39, 0.29) is 12.0 Å². The molecule has 1 aliphatic carbocycles. The van der Waals surface area contributed by atoms with Gasteiger partial charge in [-0.25, -0.2) is 0 Å². The summed E-state index contributed by atoms with van der Waals surface area (Å²) in [7, 11) is 1.42. The Hall–Kier alpha value is -0.880. The molecule has 5 nitrogen and oxygen atoms in total. The molecule has 0 radical (unpaired) electrons. The summed E-state index contributed by atoms with van der Waals surface area (Å²) >= 11 is 3.49. The number of hydrogen-bond acceptors (Lipinski definition) is 4. The van der Waals surface area contributed by atoms with E-state index in [9.17, 15) is 4.79 Å². The molecule has 0 aliphatic heterocycles. The first-order valence-electron chi connectivity index (χ1n) is 6.06. The average molecular weight is 316 g/mol. The molecule has 1 fully saturated rings. The van der Waals surface area contributed by atoms with Crippen molar-refractivity contribution in [2.75, 3.05) is 7.11 Å². The number of aryl methyl sites for hydroxylation is 1. The van der Waals surface area contributed by atoms with E-state index in [0.29, 0.717) is 12.6 Å². The Labute approximate surface area is 115 Å². The number of nitrogens with zero attached hydrogens (tertiary/aromatic N) is 2. The monoisotopic (exact) mass is 315 g/mol. The standard InChI is InChI=1S/C12H18BrN3O2/c1-7-11(13)8(2)16(15-7)6-10(12(17)18-3)14-9-4-5-9/h9-10,14H,4-6H2,1-3H3. The van der Waals surface area contributed by atoms with Gasteiger partial charge in [0.05, 0.1) is 23.8 Å². The van der Waals surface area contributed by atoms with Gasteiger partial charge in [0, 0.05) is 11.7 Å². The van der Waals surface area contributed by atoms with Crippen LogP contribution < -0.4 is 5.32 Å². The zero-order valence-corrected chi connectivity index (χ0v) is 12.5. The first kappa shape index (κ1) is 13.5. The predicted molar refractivity (Wildman–Crippen MR) is 71.4 cm³/mol. The summed E-state index contributed by atoms with van der Waals surface area (Å²) in [6.07, 6.45) is 2.27. The van der Waals surface area contributed by atoms with Crippen molar-refractivity contribution in [2.45, 2.75) is 45.3 Å². The van der Waals surface area contributed by atoms with Crippen LogP contribution in [0.25, 0.3) is 0 Å². The minimum atomic E-state index is -0.326. The van der Waals surface area contributed by atoms with Gasteiger partial charge in [0.1, 0.15) is 6.04 Å². The number of esters is 1. The van der Waals surface area contributed by atoms with Crippen LogP contribution in [0.2, 0.25) is 0 Å². The van der Waals surface area contributed by atoms with E-state index in [2.05, 4.69) is 26.3 Å². The van der Waals surface area contributed by atoms with Gasteiger partial charge >= 0.3 is 5.97 Å². The van der Waals surface area contributed by atoms with Gasteiger partial charge in [-0.3, -0.25) is 9.48 Å². The van der Waals surface area contributed by atoms with Crippen molar-refractivity contribution in [3.8, 4) is 0 Å². The van der Waals surface area contributed by atoms with Gasteiger partial charge < -0.3 is 10.1 Å². The molecule has 2 rings (SSSR count). The molecular formula is C12H18BrN3O2. The first-order valence-corrected chi connectivity index (χ1v) is 6.85. The van der Waals surface area contributed by atoms with Gasteiger partial charge in [-0.15, -0.1) is 0 Å². The van der Waals surface area contributed by atoms with E-state index >= 15 is 0 Å². The molecule has 1 unspecified atom stereocenters. The van der Waals surface area contributed by atoms with Crippen LogP contribution in [0.5, 0.6) is 0 Å². The Balaban J connectivity index is 2.11. The van der Waals surface area contributed by atoms with Crippen molar-refractivity contribution >= 4 is 21.9 Å². The van der Waals surface area contributed by atoms with Crippen molar-refractivity contribution in [2.24, 2.45) is 0 Å². The van der Waals surface area contributed by atoms with E-state index in [1.54, 1.807) is 0 Å². The maximum atomic E-state index is 11.7. The van der Waals surface area contributed by atoms with Crippen LogP contribution in [0.1, 0.15) is 24.2 Å². The van der Waals surface area contributed by atoms with Crippen molar-refractivity contribution in [1.82, 2.24) is 15.1 Å². The van der Waals surface area contributed by atoms with Gasteiger partial charge in [0.15, 0.2) is 0 Å². The smallest absolute Gasteiger partial charge is 0.324 e. The van der Waals surface area contributed by atoms with Crippen LogP contribution in [0.15, 0.2) is 4.47 Å². The highest BCUT2D eigenvalue weighted by atomic mass is 79.9. The number of rotatable bonds is 5. The second kappa shape index (κ2) is 5.40. The molecule has 0 amide bonds. The fourth-order valence-corrected chi connectivity index (χ4v) is 2.18. The zero-order chi connectivity index (χ0) is 13.3. The molecule has 1 N–H and O–H groups in total. The van der Waals surface area contributed by atoms with Crippen molar-refractivity contribution in [3.05, 3.63) is 15.9 Å². The van der Waals surface area contributed by atoms with Gasteiger partial charge in [-0.1, -0.05) is 0 Å². The summed E-state index contributed by atoms with van der Waals surface area (Å²) < 4.78 is 7.68. The van der Waals surface area contributed by atoms with Crippen LogP contribution in [-0.4, -0.2) is 34.9 Å². The SMILES string of the molecule is COC(=O)C(Cn1nc(C)c(Br)c1C)NC1CC1. The van der Waals surface area contributed by atoms with Crippen LogP contribution >= 0.6 is 15.9 Å². The third-order valence-electron chi connectivity index (χ3n) is 3.15. The summed E-state index contributed by atoms with van der Waals surface area (Å²) in [6.45, 7) is 4.42. The van der Waals surface area contributed by atoms with Gasteiger partial charge in [-0.05, 0) is 42.6 Å². The van der Waals surface area contributed by atoms with E-state index < -0.39 is 0 Å². The highest BCUT2D eigenvalue weighted by Crippen LogP contribution is 2.22.